The largest absolute Gasteiger partial charge is 0.468 e. The quantitative estimate of drug-likeness (QED) is 0.444. The molecule has 33 heavy (non-hydrogen) atoms. The Morgan fingerprint density at radius 1 is 1.27 bits per heavy atom. The maximum atomic E-state index is 12.6. The number of rotatable bonds is 9. The van der Waals surface area contributed by atoms with Gasteiger partial charge in [0.1, 0.15) is 16.4 Å². The SMILES string of the molecule is O=C(CCSCc1nc2sc3c(c2c(=O)[nH]1)CCC3)NCC(c1ccco1)N1CCCCC1. The van der Waals surface area contributed by atoms with Crippen LogP contribution in [0.1, 0.15) is 60.2 Å². The van der Waals surface area contributed by atoms with E-state index in [0.29, 0.717) is 30.3 Å². The molecule has 2 N–H and O–H groups in total. The average Bonchev–Trinajstić information content (AvgIpc) is 3.55. The minimum absolute atomic E-state index is 0.0191. The number of thioether (sulfide) groups is 1. The minimum Gasteiger partial charge on any atom is -0.468 e. The molecule has 5 rings (SSSR count). The first-order valence-corrected chi connectivity index (χ1v) is 13.8. The number of aromatic nitrogens is 2. The maximum absolute atomic E-state index is 12.6. The highest BCUT2D eigenvalue weighted by atomic mass is 32.2. The third-order valence-corrected chi connectivity index (χ3v) is 8.69. The highest BCUT2D eigenvalue weighted by Gasteiger charge is 2.25. The Kier molecular flexibility index (Phi) is 7.18. The second-order valence-corrected chi connectivity index (χ2v) is 11.0. The number of furan rings is 1. The number of carbonyl (C=O) groups is 1. The van der Waals surface area contributed by atoms with Gasteiger partial charge in [-0.15, -0.1) is 11.3 Å². The summed E-state index contributed by atoms with van der Waals surface area (Å²) < 4.78 is 5.66. The molecular formula is C24H30N4O3S2. The van der Waals surface area contributed by atoms with Crippen molar-refractivity contribution in [1.29, 1.82) is 0 Å². The Hall–Kier alpha value is -2.10. The summed E-state index contributed by atoms with van der Waals surface area (Å²) >= 11 is 3.29. The van der Waals surface area contributed by atoms with Crippen molar-refractivity contribution in [3.8, 4) is 0 Å². The molecule has 4 heterocycles. The van der Waals surface area contributed by atoms with E-state index in [0.717, 1.165) is 48.3 Å². The van der Waals surface area contributed by atoms with Crippen LogP contribution in [0.15, 0.2) is 27.6 Å². The zero-order valence-electron chi connectivity index (χ0n) is 18.7. The van der Waals surface area contributed by atoms with Crippen LogP contribution in [-0.4, -0.2) is 46.2 Å². The van der Waals surface area contributed by atoms with Crippen LogP contribution in [0.3, 0.4) is 0 Å². The molecule has 0 radical (unpaired) electrons. The molecule has 1 unspecified atom stereocenters. The minimum atomic E-state index is -0.0191. The van der Waals surface area contributed by atoms with Gasteiger partial charge in [-0.2, -0.15) is 11.8 Å². The van der Waals surface area contributed by atoms with Gasteiger partial charge in [-0.1, -0.05) is 6.42 Å². The van der Waals surface area contributed by atoms with Gasteiger partial charge >= 0.3 is 0 Å². The van der Waals surface area contributed by atoms with Crippen LogP contribution < -0.4 is 10.9 Å². The first-order valence-electron chi connectivity index (χ1n) is 11.8. The highest BCUT2D eigenvalue weighted by molar-refractivity contribution is 7.98. The fourth-order valence-electron chi connectivity index (χ4n) is 4.87. The summed E-state index contributed by atoms with van der Waals surface area (Å²) in [6.45, 7) is 2.64. The lowest BCUT2D eigenvalue weighted by Crippen LogP contribution is -2.40. The summed E-state index contributed by atoms with van der Waals surface area (Å²) in [6, 6.07) is 3.99. The van der Waals surface area contributed by atoms with E-state index < -0.39 is 0 Å². The number of H-pyrrole nitrogens is 1. The van der Waals surface area contributed by atoms with Crippen molar-refractivity contribution in [3.63, 3.8) is 0 Å². The van der Waals surface area contributed by atoms with Crippen LogP contribution in [0.4, 0.5) is 0 Å². The lowest BCUT2D eigenvalue weighted by atomic mass is 10.1. The molecule has 3 aromatic heterocycles. The molecule has 0 saturated carbocycles. The number of likely N-dealkylation sites (tertiary alicyclic amines) is 1. The van der Waals surface area contributed by atoms with Gasteiger partial charge in [0.15, 0.2) is 0 Å². The molecule has 0 aromatic carbocycles. The van der Waals surface area contributed by atoms with E-state index in [1.165, 1.54) is 29.7 Å². The number of hydrogen-bond donors (Lipinski definition) is 2. The molecule has 1 saturated heterocycles. The van der Waals surface area contributed by atoms with Crippen molar-refractivity contribution >= 4 is 39.2 Å². The smallest absolute Gasteiger partial charge is 0.259 e. The number of piperidine rings is 1. The van der Waals surface area contributed by atoms with Gasteiger partial charge in [0, 0.05) is 23.6 Å². The molecule has 2 aliphatic rings. The van der Waals surface area contributed by atoms with Crippen LogP contribution in [0.5, 0.6) is 0 Å². The predicted molar refractivity (Wildman–Crippen MR) is 133 cm³/mol. The number of nitrogens with zero attached hydrogens (tertiary/aromatic N) is 2. The van der Waals surface area contributed by atoms with Crippen LogP contribution in [0.25, 0.3) is 10.2 Å². The van der Waals surface area contributed by atoms with Crippen LogP contribution >= 0.6 is 23.1 Å². The van der Waals surface area contributed by atoms with Gasteiger partial charge in [-0.05, 0) is 62.9 Å². The molecule has 1 aliphatic heterocycles. The average molecular weight is 487 g/mol. The predicted octanol–water partition coefficient (Wildman–Crippen LogP) is 4.03. The van der Waals surface area contributed by atoms with Gasteiger partial charge in [-0.3, -0.25) is 14.5 Å². The molecule has 7 nitrogen and oxygen atoms in total. The van der Waals surface area contributed by atoms with E-state index in [1.54, 1.807) is 29.4 Å². The zero-order valence-corrected chi connectivity index (χ0v) is 20.4. The third-order valence-electron chi connectivity index (χ3n) is 6.53. The molecule has 9 heteroatoms. The first kappa shape index (κ1) is 22.7. The summed E-state index contributed by atoms with van der Waals surface area (Å²) in [5.41, 5.74) is 1.19. The number of amides is 1. The molecule has 176 valence electrons. The van der Waals surface area contributed by atoms with E-state index >= 15 is 0 Å². The first-order chi connectivity index (χ1) is 16.2. The van der Waals surface area contributed by atoms with Crippen LogP contribution in [0, 0.1) is 0 Å². The second-order valence-electron chi connectivity index (χ2n) is 8.78. The maximum Gasteiger partial charge on any atom is 0.259 e. The number of fused-ring (bicyclic) bond motifs is 3. The molecular weight excluding hydrogens is 456 g/mol. The molecule has 1 atom stereocenters. The number of hydrogen-bond acceptors (Lipinski definition) is 7. The standard InChI is InChI=1S/C24H30N4O3S2/c29-21(25-14-17(18-7-5-12-31-18)28-10-2-1-3-11-28)9-13-32-15-20-26-23(30)22-16-6-4-8-19(16)33-24(22)27-20/h5,7,12,17H,1-4,6,8-11,13-15H2,(H,25,29)(H,26,27,30). The highest BCUT2D eigenvalue weighted by Crippen LogP contribution is 2.34. The Labute approximate surface area is 201 Å². The fraction of sp³-hybridized carbons (Fsp3) is 0.542. The van der Waals surface area contributed by atoms with Crippen molar-refractivity contribution in [3.05, 3.63) is 50.8 Å². The third kappa shape index (κ3) is 5.20. The molecule has 1 fully saturated rings. The van der Waals surface area contributed by atoms with Gasteiger partial charge in [0.05, 0.1) is 23.4 Å². The number of thiophene rings is 1. The van der Waals surface area contributed by atoms with E-state index in [-0.39, 0.29) is 17.5 Å². The van der Waals surface area contributed by atoms with Crippen LogP contribution in [0.2, 0.25) is 0 Å². The van der Waals surface area contributed by atoms with Gasteiger partial charge in [0.2, 0.25) is 5.91 Å². The normalized spacial score (nSPS) is 17.3. The number of nitrogens with one attached hydrogen (secondary N) is 2. The van der Waals surface area contributed by atoms with Crippen molar-refractivity contribution in [2.45, 2.75) is 56.7 Å². The molecule has 0 bridgehead atoms. The summed E-state index contributed by atoms with van der Waals surface area (Å²) in [4.78, 5) is 37.3. The number of aromatic amines is 1. The summed E-state index contributed by atoms with van der Waals surface area (Å²) in [5.74, 6) is 2.94. The molecule has 0 spiro atoms. The number of aryl methyl sites for hydroxylation is 2. The molecule has 1 aliphatic carbocycles. The van der Waals surface area contributed by atoms with Crippen molar-refractivity contribution in [2.75, 3.05) is 25.4 Å². The number of carbonyl (C=O) groups excluding carboxylic acids is 1. The molecule has 3 aromatic rings. The van der Waals surface area contributed by atoms with E-state index in [4.69, 9.17) is 4.42 Å². The second kappa shape index (κ2) is 10.4. The lowest BCUT2D eigenvalue weighted by Gasteiger charge is -2.33. The summed E-state index contributed by atoms with van der Waals surface area (Å²) in [5, 5.41) is 3.89. The Balaban J connectivity index is 1.10. The van der Waals surface area contributed by atoms with Crippen molar-refractivity contribution < 1.29 is 9.21 Å². The van der Waals surface area contributed by atoms with E-state index in [2.05, 4.69) is 20.2 Å². The van der Waals surface area contributed by atoms with Crippen LogP contribution in [-0.2, 0) is 23.4 Å². The lowest BCUT2D eigenvalue weighted by molar-refractivity contribution is -0.121. The fourth-order valence-corrected chi connectivity index (χ4v) is 6.95. The van der Waals surface area contributed by atoms with E-state index in [9.17, 15) is 9.59 Å². The Morgan fingerprint density at radius 2 is 2.15 bits per heavy atom. The van der Waals surface area contributed by atoms with Gasteiger partial charge in [0.25, 0.3) is 5.56 Å². The summed E-state index contributed by atoms with van der Waals surface area (Å²) in [7, 11) is 0. The van der Waals surface area contributed by atoms with Gasteiger partial charge < -0.3 is 14.7 Å². The van der Waals surface area contributed by atoms with E-state index in [1.807, 2.05) is 12.1 Å². The Bertz CT molecular complexity index is 1150. The topological polar surface area (TPSA) is 91.2 Å². The zero-order chi connectivity index (χ0) is 22.6. The van der Waals surface area contributed by atoms with Gasteiger partial charge in [-0.25, -0.2) is 4.98 Å². The monoisotopic (exact) mass is 486 g/mol. The van der Waals surface area contributed by atoms with Crippen molar-refractivity contribution in [1.82, 2.24) is 20.2 Å². The Morgan fingerprint density at radius 3 is 2.97 bits per heavy atom. The van der Waals surface area contributed by atoms with Crippen molar-refractivity contribution in [2.24, 2.45) is 0 Å². The molecule has 1 amide bonds. The summed E-state index contributed by atoms with van der Waals surface area (Å²) in [6.07, 6.45) is 8.98.